The van der Waals surface area contributed by atoms with E-state index in [-0.39, 0.29) is 35.7 Å². The minimum atomic E-state index is -0.516. The number of rotatable bonds is 6. The first-order chi connectivity index (χ1) is 18.3. The number of nitrogens with zero attached hydrogens (tertiary/aromatic N) is 4. The van der Waals surface area contributed by atoms with Gasteiger partial charge in [0.2, 0.25) is 5.91 Å². The molecule has 1 aliphatic rings. The summed E-state index contributed by atoms with van der Waals surface area (Å²) in [4.78, 5) is 41.3. The number of hydrogen-bond acceptors (Lipinski definition) is 4. The lowest BCUT2D eigenvalue weighted by Crippen LogP contribution is -2.48. The molecule has 0 radical (unpaired) electrons. The van der Waals surface area contributed by atoms with Crippen molar-refractivity contribution in [3.63, 3.8) is 0 Å². The Hall–Kier alpha value is -4.43. The van der Waals surface area contributed by atoms with Crippen LogP contribution in [-0.2, 0) is 4.79 Å². The fraction of sp³-hybridized carbons (Fsp3) is 0.172. The largest absolute Gasteiger partial charge is 0.327 e. The summed E-state index contributed by atoms with van der Waals surface area (Å²) in [5.74, 6) is -0.643. The second kappa shape index (κ2) is 10.1. The lowest BCUT2D eigenvalue weighted by atomic mass is 9.97. The average molecular weight is 529 g/mol. The SMILES string of the molecule is CC(C)N(CC(=O)N1c2ccccc2-n2cccc2[C@H]1c1cccc(Cl)c1)C(=O)c1ccc([N+](=O)[O-])cc1. The average Bonchev–Trinajstić information content (AvgIpc) is 3.40. The number of para-hydroxylation sites is 2. The molecule has 1 aromatic heterocycles. The zero-order chi connectivity index (χ0) is 27.0. The summed E-state index contributed by atoms with van der Waals surface area (Å²) < 4.78 is 2.06. The normalized spacial score (nSPS) is 14.1. The number of halogens is 1. The minimum Gasteiger partial charge on any atom is -0.327 e. The third-order valence-electron chi connectivity index (χ3n) is 6.67. The lowest BCUT2D eigenvalue weighted by Gasteiger charge is -2.40. The highest BCUT2D eigenvalue weighted by molar-refractivity contribution is 6.30. The number of nitro benzene ring substituents is 1. The van der Waals surface area contributed by atoms with E-state index in [1.807, 2.05) is 74.6 Å². The maximum absolute atomic E-state index is 14.2. The summed E-state index contributed by atoms with van der Waals surface area (Å²) in [6.07, 6.45) is 1.96. The number of benzene rings is 3. The van der Waals surface area contributed by atoms with Crippen molar-refractivity contribution in [1.82, 2.24) is 9.47 Å². The smallest absolute Gasteiger partial charge is 0.269 e. The molecule has 0 aliphatic carbocycles. The maximum Gasteiger partial charge on any atom is 0.269 e. The first-order valence-corrected chi connectivity index (χ1v) is 12.5. The summed E-state index contributed by atoms with van der Waals surface area (Å²) in [5.41, 5.74) is 3.49. The van der Waals surface area contributed by atoms with Crippen molar-refractivity contribution in [2.24, 2.45) is 0 Å². The van der Waals surface area contributed by atoms with Crippen LogP contribution in [-0.4, -0.2) is 38.8 Å². The van der Waals surface area contributed by atoms with Gasteiger partial charge in [-0.25, -0.2) is 0 Å². The van der Waals surface area contributed by atoms with Crippen LogP contribution in [0.2, 0.25) is 5.02 Å². The Bertz CT molecular complexity index is 1530. The molecule has 8 nitrogen and oxygen atoms in total. The molecular formula is C29H25ClN4O4. The Balaban J connectivity index is 1.54. The standard InChI is InChI=1S/C29H25ClN4O4/c1-19(2)32(29(36)20-12-14-23(15-13-20)34(37)38)18-27(35)33-25-10-4-3-9-24(25)31-16-6-11-26(31)28(33)21-7-5-8-22(30)17-21/h3-17,19,28H,18H2,1-2H3/t28-/m1/s1. The molecule has 2 heterocycles. The van der Waals surface area contributed by atoms with Gasteiger partial charge in [-0.2, -0.15) is 0 Å². The summed E-state index contributed by atoms with van der Waals surface area (Å²) in [6, 6.07) is 23.6. The Labute approximate surface area is 224 Å². The third kappa shape index (κ3) is 4.54. The number of amides is 2. The molecule has 0 unspecified atom stereocenters. The van der Waals surface area contributed by atoms with E-state index in [0.717, 1.165) is 22.6 Å². The molecule has 2 amide bonds. The van der Waals surface area contributed by atoms with Gasteiger partial charge in [0.15, 0.2) is 0 Å². The van der Waals surface area contributed by atoms with E-state index in [2.05, 4.69) is 4.57 Å². The van der Waals surface area contributed by atoms with Crippen molar-refractivity contribution in [2.45, 2.75) is 25.9 Å². The number of nitro groups is 1. The van der Waals surface area contributed by atoms with Crippen LogP contribution in [0.3, 0.4) is 0 Å². The zero-order valence-electron chi connectivity index (χ0n) is 20.8. The van der Waals surface area contributed by atoms with Crippen molar-refractivity contribution in [3.8, 4) is 5.69 Å². The molecule has 192 valence electrons. The Morgan fingerprint density at radius 2 is 1.68 bits per heavy atom. The fourth-order valence-electron chi connectivity index (χ4n) is 4.86. The molecule has 9 heteroatoms. The van der Waals surface area contributed by atoms with Crippen LogP contribution < -0.4 is 4.90 Å². The number of carbonyl (C=O) groups is 2. The molecule has 0 N–H and O–H groups in total. The number of anilines is 1. The maximum atomic E-state index is 14.2. The van der Waals surface area contributed by atoms with Gasteiger partial charge in [0.1, 0.15) is 12.6 Å². The molecule has 1 aliphatic heterocycles. The van der Waals surface area contributed by atoms with Crippen molar-refractivity contribution < 1.29 is 14.5 Å². The molecule has 5 rings (SSSR count). The van der Waals surface area contributed by atoms with Gasteiger partial charge in [0.25, 0.3) is 11.6 Å². The van der Waals surface area contributed by atoms with Gasteiger partial charge >= 0.3 is 0 Å². The fourth-order valence-corrected chi connectivity index (χ4v) is 5.06. The molecule has 4 aromatic rings. The zero-order valence-corrected chi connectivity index (χ0v) is 21.6. The highest BCUT2D eigenvalue weighted by atomic mass is 35.5. The quantitative estimate of drug-likeness (QED) is 0.226. The molecule has 1 atom stereocenters. The molecule has 3 aromatic carbocycles. The topological polar surface area (TPSA) is 88.7 Å². The number of fused-ring (bicyclic) bond motifs is 3. The van der Waals surface area contributed by atoms with E-state index in [1.165, 1.54) is 29.2 Å². The number of hydrogen-bond donors (Lipinski definition) is 0. The predicted octanol–water partition coefficient (Wildman–Crippen LogP) is 6.03. The molecule has 0 saturated heterocycles. The number of non-ortho nitro benzene ring substituents is 1. The monoisotopic (exact) mass is 528 g/mol. The molecule has 0 bridgehead atoms. The van der Waals surface area contributed by atoms with E-state index >= 15 is 0 Å². The van der Waals surface area contributed by atoms with Crippen LogP contribution in [0, 0.1) is 10.1 Å². The first-order valence-electron chi connectivity index (χ1n) is 12.2. The summed E-state index contributed by atoms with van der Waals surface area (Å²) >= 11 is 6.35. The van der Waals surface area contributed by atoms with Gasteiger partial charge in [0, 0.05) is 35.0 Å². The van der Waals surface area contributed by atoms with Crippen molar-refractivity contribution in [1.29, 1.82) is 0 Å². The van der Waals surface area contributed by atoms with E-state index in [1.54, 1.807) is 11.0 Å². The van der Waals surface area contributed by atoms with Gasteiger partial charge in [-0.3, -0.25) is 24.6 Å². The van der Waals surface area contributed by atoms with Crippen LogP contribution in [0.1, 0.15) is 41.5 Å². The van der Waals surface area contributed by atoms with Crippen LogP contribution in [0.15, 0.2) is 91.1 Å². The minimum absolute atomic E-state index is 0.106. The third-order valence-corrected chi connectivity index (χ3v) is 6.90. The second-order valence-electron chi connectivity index (χ2n) is 9.34. The Morgan fingerprint density at radius 1 is 0.974 bits per heavy atom. The van der Waals surface area contributed by atoms with E-state index in [4.69, 9.17) is 11.6 Å². The van der Waals surface area contributed by atoms with Crippen molar-refractivity contribution in [3.05, 3.63) is 123 Å². The Kier molecular flexibility index (Phi) is 6.73. The van der Waals surface area contributed by atoms with E-state index in [9.17, 15) is 19.7 Å². The summed E-state index contributed by atoms with van der Waals surface area (Å²) in [7, 11) is 0. The number of carbonyl (C=O) groups excluding carboxylic acids is 2. The molecule has 0 saturated carbocycles. The van der Waals surface area contributed by atoms with Crippen LogP contribution in [0.25, 0.3) is 5.69 Å². The predicted molar refractivity (Wildman–Crippen MR) is 146 cm³/mol. The van der Waals surface area contributed by atoms with Gasteiger partial charge < -0.3 is 9.47 Å². The van der Waals surface area contributed by atoms with Crippen LogP contribution in [0.4, 0.5) is 11.4 Å². The van der Waals surface area contributed by atoms with E-state index < -0.39 is 11.0 Å². The van der Waals surface area contributed by atoms with Gasteiger partial charge in [-0.1, -0.05) is 35.9 Å². The van der Waals surface area contributed by atoms with Crippen LogP contribution >= 0.6 is 11.6 Å². The lowest BCUT2D eigenvalue weighted by molar-refractivity contribution is -0.384. The number of aromatic nitrogens is 1. The Morgan fingerprint density at radius 3 is 2.34 bits per heavy atom. The molecule has 0 fully saturated rings. The molecule has 38 heavy (non-hydrogen) atoms. The second-order valence-corrected chi connectivity index (χ2v) is 9.78. The van der Waals surface area contributed by atoms with Gasteiger partial charge in [-0.15, -0.1) is 0 Å². The van der Waals surface area contributed by atoms with Crippen LogP contribution in [0.5, 0.6) is 0 Å². The molecule has 0 spiro atoms. The highest BCUT2D eigenvalue weighted by Crippen LogP contribution is 2.42. The van der Waals surface area contributed by atoms with Gasteiger partial charge in [0.05, 0.1) is 22.0 Å². The van der Waals surface area contributed by atoms with Crippen molar-refractivity contribution in [2.75, 3.05) is 11.4 Å². The summed E-state index contributed by atoms with van der Waals surface area (Å²) in [5, 5.41) is 11.6. The first kappa shape index (κ1) is 25.2. The summed E-state index contributed by atoms with van der Waals surface area (Å²) in [6.45, 7) is 3.49. The highest BCUT2D eigenvalue weighted by Gasteiger charge is 2.37. The van der Waals surface area contributed by atoms with Crippen molar-refractivity contribution >= 4 is 34.8 Å². The molecular weight excluding hydrogens is 504 g/mol. The van der Waals surface area contributed by atoms with Gasteiger partial charge in [-0.05, 0) is 67.9 Å². The van der Waals surface area contributed by atoms with E-state index in [0.29, 0.717) is 5.02 Å².